The molecule has 11 nitrogen and oxygen atoms in total. The maximum absolute atomic E-state index is 13.2. The third kappa shape index (κ3) is 35.1. The molecular weight excluding hydrogens is 859 g/mol. The van der Waals surface area contributed by atoms with E-state index < -0.39 is 74.2 Å². The average Bonchev–Trinajstić information content (AvgIpc) is 3.34. The van der Waals surface area contributed by atoms with Gasteiger partial charge >= 0.3 is 0 Å². The van der Waals surface area contributed by atoms with Gasteiger partial charge in [-0.15, -0.1) is 0 Å². The molecule has 1 fully saturated rings. The molecule has 0 aromatic carbocycles. The van der Waals surface area contributed by atoms with Crippen molar-refractivity contribution >= 4 is 5.91 Å². The number of nitrogens with one attached hydrogen (secondary N) is 1. The van der Waals surface area contributed by atoms with Crippen LogP contribution in [-0.4, -0.2) is 110 Å². The molecule has 1 aliphatic rings. The predicted octanol–water partition coefficient (Wildman–Crippen LogP) is 12.0. The van der Waals surface area contributed by atoms with Crippen molar-refractivity contribution in [2.45, 2.75) is 332 Å². The van der Waals surface area contributed by atoms with Gasteiger partial charge in [-0.2, -0.15) is 0 Å². The van der Waals surface area contributed by atoms with E-state index in [1.54, 1.807) is 0 Å². The molecule has 68 heavy (non-hydrogen) atoms. The van der Waals surface area contributed by atoms with E-state index in [4.69, 9.17) is 9.47 Å². The van der Waals surface area contributed by atoms with Gasteiger partial charge in [0.05, 0.1) is 25.4 Å². The van der Waals surface area contributed by atoms with Gasteiger partial charge in [0.25, 0.3) is 0 Å². The Morgan fingerprint density at radius 3 is 1.26 bits per heavy atom. The Balaban J connectivity index is 2.23. The number of hydrogen-bond acceptors (Lipinski definition) is 10. The smallest absolute Gasteiger partial charge is 0.249 e. The van der Waals surface area contributed by atoms with Gasteiger partial charge in [-0.25, -0.2) is 0 Å². The van der Waals surface area contributed by atoms with Crippen molar-refractivity contribution in [1.29, 1.82) is 0 Å². The van der Waals surface area contributed by atoms with E-state index in [-0.39, 0.29) is 12.8 Å². The zero-order valence-corrected chi connectivity index (χ0v) is 44.1. The molecule has 1 heterocycles. The van der Waals surface area contributed by atoms with Gasteiger partial charge in [0, 0.05) is 0 Å². The van der Waals surface area contributed by atoms with Crippen molar-refractivity contribution in [2.75, 3.05) is 13.2 Å². The lowest BCUT2D eigenvalue weighted by Crippen LogP contribution is -2.60. The third-order valence-electron chi connectivity index (χ3n) is 14.3. The van der Waals surface area contributed by atoms with Crippen molar-refractivity contribution in [3.8, 4) is 0 Å². The van der Waals surface area contributed by atoms with Gasteiger partial charge in [-0.1, -0.05) is 251 Å². The number of rotatable bonds is 50. The Morgan fingerprint density at radius 1 is 0.500 bits per heavy atom. The SMILES string of the molecule is CCCCCCCCCC/C=C/CCCC(O)C(O)C(COC1OC(CO)C(O)C(O)C1O)NC(=O)C(O)CCCCCCCCCCCCCCCCCCCCCCCCCCCCCC. The van der Waals surface area contributed by atoms with Crippen LogP contribution in [-0.2, 0) is 14.3 Å². The Hall–Kier alpha value is -1.15. The first-order valence-corrected chi connectivity index (χ1v) is 29.1. The molecule has 0 aliphatic carbocycles. The summed E-state index contributed by atoms with van der Waals surface area (Å²) in [6, 6.07) is -1.18. The first-order valence-electron chi connectivity index (χ1n) is 29.1. The maximum atomic E-state index is 13.2. The second-order valence-corrected chi connectivity index (χ2v) is 20.7. The number of aliphatic hydroxyl groups excluding tert-OH is 7. The van der Waals surface area contributed by atoms with Crippen molar-refractivity contribution in [1.82, 2.24) is 5.32 Å². The number of allylic oxidation sites excluding steroid dienone is 2. The fraction of sp³-hybridized carbons (Fsp3) is 0.947. The van der Waals surface area contributed by atoms with Gasteiger partial charge in [0.2, 0.25) is 5.91 Å². The Morgan fingerprint density at radius 2 is 0.868 bits per heavy atom. The first-order chi connectivity index (χ1) is 33.2. The fourth-order valence-corrected chi connectivity index (χ4v) is 9.56. The molecule has 404 valence electrons. The molecule has 0 spiro atoms. The normalized spacial score (nSPS) is 20.5. The molecule has 8 N–H and O–H groups in total. The van der Waals surface area contributed by atoms with E-state index in [0.717, 1.165) is 38.5 Å². The molecule has 0 radical (unpaired) electrons. The molecule has 1 rings (SSSR count). The van der Waals surface area contributed by atoms with Crippen molar-refractivity contribution in [3.05, 3.63) is 12.2 Å². The van der Waals surface area contributed by atoms with Crippen LogP contribution in [0.2, 0.25) is 0 Å². The first kappa shape index (κ1) is 64.9. The highest BCUT2D eigenvalue weighted by Gasteiger charge is 2.44. The number of aliphatic hydroxyl groups is 7. The predicted molar refractivity (Wildman–Crippen MR) is 279 cm³/mol. The largest absolute Gasteiger partial charge is 0.394 e. The van der Waals surface area contributed by atoms with E-state index in [0.29, 0.717) is 12.8 Å². The number of amides is 1. The molecular formula is C57H111NO10. The van der Waals surface area contributed by atoms with Gasteiger partial charge in [0.1, 0.15) is 36.6 Å². The maximum Gasteiger partial charge on any atom is 0.249 e. The molecule has 1 amide bonds. The lowest BCUT2D eigenvalue weighted by molar-refractivity contribution is -0.303. The zero-order chi connectivity index (χ0) is 49.7. The summed E-state index contributed by atoms with van der Waals surface area (Å²) >= 11 is 0. The van der Waals surface area contributed by atoms with E-state index in [1.807, 2.05) is 0 Å². The number of carbonyl (C=O) groups excluding carboxylic acids is 1. The van der Waals surface area contributed by atoms with Crippen LogP contribution in [0.4, 0.5) is 0 Å². The Kier molecular flexibility index (Phi) is 44.7. The van der Waals surface area contributed by atoms with E-state index in [2.05, 4.69) is 31.3 Å². The summed E-state index contributed by atoms with van der Waals surface area (Å²) in [6.07, 6.45) is 42.9. The third-order valence-corrected chi connectivity index (χ3v) is 14.3. The van der Waals surface area contributed by atoms with Gasteiger partial charge in [-0.3, -0.25) is 4.79 Å². The molecule has 0 aromatic heterocycles. The van der Waals surface area contributed by atoms with E-state index in [9.17, 15) is 40.5 Å². The van der Waals surface area contributed by atoms with Crippen LogP contribution < -0.4 is 5.32 Å². The van der Waals surface area contributed by atoms with Gasteiger partial charge in [0.15, 0.2) is 6.29 Å². The van der Waals surface area contributed by atoms with E-state index in [1.165, 1.54) is 199 Å². The molecule has 0 bridgehead atoms. The minimum Gasteiger partial charge on any atom is -0.394 e. The monoisotopic (exact) mass is 970 g/mol. The number of ether oxygens (including phenoxy) is 2. The molecule has 0 aromatic rings. The lowest BCUT2D eigenvalue weighted by atomic mass is 9.98. The Bertz CT molecular complexity index is 1110. The molecule has 9 unspecified atom stereocenters. The van der Waals surface area contributed by atoms with Gasteiger partial charge in [-0.05, 0) is 38.5 Å². The fourth-order valence-electron chi connectivity index (χ4n) is 9.56. The molecule has 9 atom stereocenters. The molecule has 0 saturated carbocycles. The number of carbonyl (C=O) groups is 1. The van der Waals surface area contributed by atoms with Crippen LogP contribution in [0.25, 0.3) is 0 Å². The average molecular weight is 971 g/mol. The van der Waals surface area contributed by atoms with Gasteiger partial charge < -0.3 is 50.5 Å². The quantitative estimate of drug-likeness (QED) is 0.0215. The van der Waals surface area contributed by atoms with Crippen molar-refractivity contribution in [2.24, 2.45) is 0 Å². The van der Waals surface area contributed by atoms with Crippen LogP contribution in [0.3, 0.4) is 0 Å². The summed E-state index contributed by atoms with van der Waals surface area (Å²) in [6.45, 7) is 3.45. The molecule has 11 heteroatoms. The molecule has 1 aliphatic heterocycles. The van der Waals surface area contributed by atoms with Crippen LogP contribution in [0.15, 0.2) is 12.2 Å². The topological polar surface area (TPSA) is 189 Å². The highest BCUT2D eigenvalue weighted by Crippen LogP contribution is 2.23. The second-order valence-electron chi connectivity index (χ2n) is 20.7. The highest BCUT2D eigenvalue weighted by molar-refractivity contribution is 5.80. The summed E-state index contributed by atoms with van der Waals surface area (Å²) in [5.41, 5.74) is 0. The van der Waals surface area contributed by atoms with Crippen molar-refractivity contribution in [3.63, 3.8) is 0 Å². The van der Waals surface area contributed by atoms with Crippen LogP contribution in [0, 0.1) is 0 Å². The van der Waals surface area contributed by atoms with Crippen molar-refractivity contribution < 1.29 is 50.0 Å². The minimum absolute atomic E-state index is 0.259. The zero-order valence-electron chi connectivity index (χ0n) is 44.1. The van der Waals surface area contributed by atoms with E-state index >= 15 is 0 Å². The van der Waals surface area contributed by atoms with Crippen LogP contribution >= 0.6 is 0 Å². The van der Waals surface area contributed by atoms with Crippen LogP contribution in [0.5, 0.6) is 0 Å². The molecule has 1 saturated heterocycles. The van der Waals surface area contributed by atoms with Crippen LogP contribution in [0.1, 0.15) is 277 Å². The number of hydrogen-bond donors (Lipinski definition) is 8. The summed E-state index contributed by atoms with van der Waals surface area (Å²) in [4.78, 5) is 13.2. The summed E-state index contributed by atoms with van der Waals surface area (Å²) in [5.74, 6) is -0.701. The summed E-state index contributed by atoms with van der Waals surface area (Å²) < 4.78 is 11.1. The number of unbranched alkanes of at least 4 members (excludes halogenated alkanes) is 36. The Labute approximate surface area is 417 Å². The summed E-state index contributed by atoms with van der Waals surface area (Å²) in [5, 5.41) is 75.9. The minimum atomic E-state index is -1.66. The lowest BCUT2D eigenvalue weighted by Gasteiger charge is -2.40. The second kappa shape index (κ2) is 46.9. The summed E-state index contributed by atoms with van der Waals surface area (Å²) in [7, 11) is 0. The standard InChI is InChI=1S/C57H111NO10/c1-3-5-7-9-11-13-15-17-18-19-20-21-22-23-24-25-26-27-28-29-30-31-33-35-37-39-41-43-45-50(61)56(66)58-48(47-67-57-55(65)54(64)53(63)51(46-59)68-57)52(62)49(60)44-42-40-38-36-34-32-16-14-12-10-8-6-4-2/h36,38,48-55,57,59-65H,3-35,37,39-47H2,1-2H3,(H,58,66)/b38-36+. The highest BCUT2D eigenvalue weighted by atomic mass is 16.7.